The Morgan fingerprint density at radius 1 is 0.714 bits per heavy atom. The fraction of sp³-hybridized carbons (Fsp3) is 0.0769. The SMILES string of the molecule is C=C/C=c1/oc(C(=C\C)/C(=C/C)c2oc3c(-c4ccc5[nH]c6ccccc6c5c4)cccc3c2C=C)c(C=C)/c1=C/C. The van der Waals surface area contributed by atoms with E-state index in [0.29, 0.717) is 0 Å². The Bertz CT molecular complexity index is 2220. The quantitative estimate of drug-likeness (QED) is 0.202. The number of aromatic nitrogens is 1. The molecular formula is C39H33NO2. The summed E-state index contributed by atoms with van der Waals surface area (Å²) in [6.45, 7) is 18.2. The molecular weight excluding hydrogens is 514 g/mol. The minimum atomic E-state index is 0.738. The van der Waals surface area contributed by atoms with E-state index in [1.807, 2.05) is 45.1 Å². The molecule has 6 aromatic rings. The molecule has 3 nitrogen and oxygen atoms in total. The molecule has 0 amide bonds. The number of hydrogen-bond donors (Lipinski definition) is 1. The van der Waals surface area contributed by atoms with Gasteiger partial charge in [0.25, 0.3) is 0 Å². The van der Waals surface area contributed by atoms with Gasteiger partial charge in [-0.2, -0.15) is 0 Å². The number of nitrogens with one attached hydrogen (secondary N) is 1. The van der Waals surface area contributed by atoms with Gasteiger partial charge in [0, 0.05) is 60.2 Å². The van der Waals surface area contributed by atoms with Crippen molar-refractivity contribution in [2.45, 2.75) is 20.8 Å². The van der Waals surface area contributed by atoms with Gasteiger partial charge in [0.05, 0.1) is 0 Å². The van der Waals surface area contributed by atoms with Crippen molar-refractivity contribution in [3.8, 4) is 11.1 Å². The van der Waals surface area contributed by atoms with Crippen LogP contribution in [0.4, 0.5) is 0 Å². The summed E-state index contributed by atoms with van der Waals surface area (Å²) in [5.41, 5.74) is 9.65. The molecule has 0 saturated heterocycles. The molecule has 3 aromatic heterocycles. The third-order valence-corrected chi connectivity index (χ3v) is 7.91. The Morgan fingerprint density at radius 2 is 1.40 bits per heavy atom. The molecule has 0 spiro atoms. The van der Waals surface area contributed by atoms with Crippen LogP contribution in [0.15, 0.2) is 107 Å². The zero-order valence-corrected chi connectivity index (χ0v) is 24.3. The van der Waals surface area contributed by atoms with E-state index >= 15 is 0 Å². The summed E-state index contributed by atoms with van der Waals surface area (Å²) in [5, 5.41) is 4.39. The Hall–Kier alpha value is -5.28. The average Bonchev–Trinajstić information content (AvgIpc) is 3.69. The minimum Gasteiger partial charge on any atom is -0.455 e. The van der Waals surface area contributed by atoms with Crippen molar-refractivity contribution in [2.24, 2.45) is 0 Å². The lowest BCUT2D eigenvalue weighted by molar-refractivity contribution is 0.518. The molecule has 0 saturated carbocycles. The van der Waals surface area contributed by atoms with E-state index in [1.165, 1.54) is 10.8 Å². The number of H-pyrrole nitrogens is 1. The third kappa shape index (κ3) is 4.13. The fourth-order valence-corrected chi connectivity index (χ4v) is 6.01. The highest BCUT2D eigenvalue weighted by atomic mass is 16.3. The Balaban J connectivity index is 1.56. The van der Waals surface area contributed by atoms with Crippen LogP contribution in [0.5, 0.6) is 0 Å². The Kier molecular flexibility index (Phi) is 7.02. The normalized spacial score (nSPS) is 13.5. The monoisotopic (exact) mass is 547 g/mol. The van der Waals surface area contributed by atoms with Crippen molar-refractivity contribution < 1.29 is 8.83 Å². The smallest absolute Gasteiger partial charge is 0.143 e. The Labute approximate surface area is 245 Å². The number of para-hydroxylation sites is 2. The molecule has 42 heavy (non-hydrogen) atoms. The molecule has 0 unspecified atom stereocenters. The molecule has 0 bridgehead atoms. The third-order valence-electron chi connectivity index (χ3n) is 7.91. The van der Waals surface area contributed by atoms with Crippen LogP contribution in [-0.2, 0) is 0 Å². The van der Waals surface area contributed by atoms with Crippen LogP contribution in [0.2, 0.25) is 0 Å². The van der Waals surface area contributed by atoms with E-state index in [4.69, 9.17) is 8.83 Å². The topological polar surface area (TPSA) is 42.1 Å². The van der Waals surface area contributed by atoms with Crippen LogP contribution in [0.3, 0.4) is 0 Å². The number of fused-ring (bicyclic) bond motifs is 4. The molecule has 0 atom stereocenters. The van der Waals surface area contributed by atoms with Gasteiger partial charge in [-0.3, -0.25) is 0 Å². The fourth-order valence-electron chi connectivity index (χ4n) is 6.01. The number of benzene rings is 3. The van der Waals surface area contributed by atoms with Gasteiger partial charge in [-0.25, -0.2) is 0 Å². The summed E-state index contributed by atoms with van der Waals surface area (Å²) in [7, 11) is 0. The van der Waals surface area contributed by atoms with Gasteiger partial charge < -0.3 is 13.8 Å². The molecule has 0 aliphatic carbocycles. The van der Waals surface area contributed by atoms with Gasteiger partial charge in [-0.05, 0) is 50.6 Å². The molecule has 0 aliphatic heterocycles. The van der Waals surface area contributed by atoms with Crippen molar-refractivity contribution in [3.05, 3.63) is 132 Å². The van der Waals surface area contributed by atoms with Gasteiger partial charge in [-0.15, -0.1) is 0 Å². The van der Waals surface area contributed by atoms with Crippen LogP contribution in [-0.4, -0.2) is 4.98 Å². The highest BCUT2D eigenvalue weighted by Gasteiger charge is 2.24. The van der Waals surface area contributed by atoms with Gasteiger partial charge in [0.2, 0.25) is 0 Å². The first-order valence-corrected chi connectivity index (χ1v) is 14.1. The average molecular weight is 548 g/mol. The standard InChI is InChI=1S/C39H33NO2/c1-7-16-36-25(8-2)26(9-3)37(41-36)27(10-4)28(11-5)38-29(12-6)32-19-15-18-30(39(32)42-38)24-21-22-35-33(23-24)31-17-13-14-20-34(31)40-35/h7-23,40H,1,3,6H2,2,4-5H3/b25-8-,27-10-,28-11-,36-16+. The summed E-state index contributed by atoms with van der Waals surface area (Å²) < 4.78 is 13.2. The van der Waals surface area contributed by atoms with E-state index in [-0.39, 0.29) is 0 Å². The van der Waals surface area contributed by atoms with Gasteiger partial charge in [0.15, 0.2) is 0 Å². The highest BCUT2D eigenvalue weighted by molar-refractivity contribution is 6.11. The van der Waals surface area contributed by atoms with Crippen molar-refractivity contribution in [1.82, 2.24) is 4.98 Å². The highest BCUT2D eigenvalue weighted by Crippen LogP contribution is 2.42. The molecule has 0 aliphatic rings. The van der Waals surface area contributed by atoms with Crippen LogP contribution < -0.4 is 10.6 Å². The van der Waals surface area contributed by atoms with E-state index in [9.17, 15) is 0 Å². The number of furan rings is 2. The first kappa shape index (κ1) is 26.9. The van der Waals surface area contributed by atoms with E-state index in [0.717, 1.165) is 77.6 Å². The molecule has 206 valence electrons. The second-order valence-electron chi connectivity index (χ2n) is 10.1. The minimum absolute atomic E-state index is 0.738. The molecule has 6 rings (SSSR count). The number of hydrogen-bond acceptors (Lipinski definition) is 2. The number of allylic oxidation sites excluding steroid dienone is 5. The molecule has 3 aromatic carbocycles. The number of rotatable bonds is 7. The first-order chi connectivity index (χ1) is 20.6. The lowest BCUT2D eigenvalue weighted by atomic mass is 9.94. The van der Waals surface area contributed by atoms with Crippen LogP contribution in [0.1, 0.15) is 43.4 Å². The largest absolute Gasteiger partial charge is 0.455 e. The van der Waals surface area contributed by atoms with E-state index < -0.39 is 0 Å². The predicted molar refractivity (Wildman–Crippen MR) is 181 cm³/mol. The summed E-state index contributed by atoms with van der Waals surface area (Å²) in [6.07, 6.45) is 13.5. The van der Waals surface area contributed by atoms with Crippen LogP contribution >= 0.6 is 0 Å². The number of aromatic amines is 1. The zero-order chi connectivity index (χ0) is 29.4. The molecule has 0 fully saturated rings. The maximum atomic E-state index is 6.81. The first-order valence-electron chi connectivity index (χ1n) is 14.1. The van der Waals surface area contributed by atoms with Crippen molar-refractivity contribution in [3.63, 3.8) is 0 Å². The van der Waals surface area contributed by atoms with E-state index in [2.05, 4.69) is 97.5 Å². The predicted octanol–water partition coefficient (Wildman–Crippen LogP) is 9.89. The lowest BCUT2D eigenvalue weighted by Crippen LogP contribution is -2.20. The summed E-state index contributed by atoms with van der Waals surface area (Å²) >= 11 is 0. The van der Waals surface area contributed by atoms with Crippen molar-refractivity contribution >= 4 is 68.2 Å². The van der Waals surface area contributed by atoms with Gasteiger partial charge >= 0.3 is 0 Å². The summed E-state index contributed by atoms with van der Waals surface area (Å²) in [6, 6.07) is 21.2. The zero-order valence-electron chi connectivity index (χ0n) is 24.3. The van der Waals surface area contributed by atoms with Gasteiger partial charge in [-0.1, -0.05) is 98.7 Å². The summed E-state index contributed by atoms with van der Waals surface area (Å²) in [4.78, 5) is 3.52. The summed E-state index contributed by atoms with van der Waals surface area (Å²) in [5.74, 6) is 1.49. The lowest BCUT2D eigenvalue weighted by Gasteiger charge is -2.10. The Morgan fingerprint density at radius 3 is 2.10 bits per heavy atom. The van der Waals surface area contributed by atoms with E-state index in [1.54, 1.807) is 6.08 Å². The second kappa shape index (κ2) is 10.9. The van der Waals surface area contributed by atoms with Gasteiger partial charge in [0.1, 0.15) is 22.5 Å². The molecule has 3 heterocycles. The molecule has 3 heteroatoms. The maximum absolute atomic E-state index is 6.81. The molecule has 1 N–H and O–H groups in total. The van der Waals surface area contributed by atoms with Crippen molar-refractivity contribution in [2.75, 3.05) is 0 Å². The van der Waals surface area contributed by atoms with Crippen LogP contribution in [0, 0.1) is 0 Å². The molecule has 0 radical (unpaired) electrons. The maximum Gasteiger partial charge on any atom is 0.143 e. The van der Waals surface area contributed by atoms with Crippen LogP contribution in [0.25, 0.3) is 79.4 Å². The second-order valence-corrected chi connectivity index (χ2v) is 10.1. The van der Waals surface area contributed by atoms with Crippen molar-refractivity contribution in [1.29, 1.82) is 0 Å².